The van der Waals surface area contributed by atoms with Gasteiger partial charge in [-0.15, -0.1) is 11.3 Å². The second-order valence-electron chi connectivity index (χ2n) is 9.24. The fourth-order valence-corrected chi connectivity index (χ4v) is 5.32. The van der Waals surface area contributed by atoms with Gasteiger partial charge in [-0.05, 0) is 42.0 Å². The van der Waals surface area contributed by atoms with Crippen LogP contribution in [0.5, 0.6) is 5.75 Å². The summed E-state index contributed by atoms with van der Waals surface area (Å²) in [5.74, 6) is 0.782. The summed E-state index contributed by atoms with van der Waals surface area (Å²) >= 11 is 1.62. The van der Waals surface area contributed by atoms with E-state index in [2.05, 4.69) is 4.90 Å². The Labute approximate surface area is 210 Å². The molecular weight excluding hydrogens is 464 g/mol. The molecule has 2 fully saturated rings. The Bertz CT molecular complexity index is 1050. The van der Waals surface area contributed by atoms with Crippen molar-refractivity contribution in [2.45, 2.75) is 25.3 Å². The summed E-state index contributed by atoms with van der Waals surface area (Å²) in [7, 11) is 1.64. The zero-order chi connectivity index (χ0) is 24.2. The largest absolute Gasteiger partial charge is 0.497 e. The van der Waals surface area contributed by atoms with Crippen molar-refractivity contribution < 1.29 is 19.1 Å². The van der Waals surface area contributed by atoms with Crippen molar-refractivity contribution in [1.82, 2.24) is 14.8 Å². The predicted octanol–water partition coefficient (Wildman–Crippen LogP) is 3.01. The van der Waals surface area contributed by atoms with Gasteiger partial charge >= 0.3 is 0 Å². The fourth-order valence-electron chi connectivity index (χ4n) is 4.60. The molecule has 3 aliphatic rings. The molecule has 0 N–H and O–H groups in total. The van der Waals surface area contributed by atoms with Gasteiger partial charge < -0.3 is 14.4 Å². The molecule has 1 aromatic heterocycles. The first kappa shape index (κ1) is 24.0. The highest BCUT2D eigenvalue weighted by Crippen LogP contribution is 2.35. The van der Waals surface area contributed by atoms with E-state index >= 15 is 0 Å². The number of thiophene rings is 1. The number of hydrogen-bond acceptors (Lipinski definition) is 7. The van der Waals surface area contributed by atoms with Crippen molar-refractivity contribution in [1.29, 1.82) is 0 Å². The van der Waals surface area contributed by atoms with Gasteiger partial charge in [0, 0.05) is 38.5 Å². The number of benzene rings is 1. The summed E-state index contributed by atoms with van der Waals surface area (Å²) in [4.78, 5) is 31.8. The normalized spacial score (nSPS) is 20.5. The number of ether oxygens (including phenoxy) is 2. The molecule has 1 saturated carbocycles. The number of hydrazone groups is 1. The zero-order valence-corrected chi connectivity index (χ0v) is 20.9. The lowest BCUT2D eigenvalue weighted by Crippen LogP contribution is -2.47. The van der Waals surface area contributed by atoms with Crippen LogP contribution < -0.4 is 4.74 Å². The Hall–Kier alpha value is -2.75. The van der Waals surface area contributed by atoms with Crippen LogP contribution in [0.1, 0.15) is 35.7 Å². The molecule has 0 unspecified atom stereocenters. The predicted molar refractivity (Wildman–Crippen MR) is 135 cm³/mol. The van der Waals surface area contributed by atoms with Crippen LogP contribution in [0.15, 0.2) is 46.9 Å². The molecule has 0 spiro atoms. The third-order valence-electron chi connectivity index (χ3n) is 6.83. The average molecular weight is 497 g/mol. The smallest absolute Gasteiger partial charge is 0.262 e. The maximum atomic E-state index is 13.6. The summed E-state index contributed by atoms with van der Waals surface area (Å²) in [5.41, 5.74) is 1.91. The first-order valence-electron chi connectivity index (χ1n) is 12.3. The summed E-state index contributed by atoms with van der Waals surface area (Å²) in [5, 5.41) is 8.38. The SMILES string of the molecule is COc1ccc([C@@H]2CC(c3cccs3)=NN2C(=O)CN(CCN2CCOCC2)C(=O)C2CC2)cc1. The molecule has 0 bridgehead atoms. The van der Waals surface area contributed by atoms with Gasteiger partial charge in [-0.25, -0.2) is 5.01 Å². The molecule has 2 amide bonds. The molecule has 1 saturated heterocycles. The summed E-state index contributed by atoms with van der Waals surface area (Å²) in [6.07, 6.45) is 2.48. The number of nitrogens with zero attached hydrogens (tertiary/aromatic N) is 4. The van der Waals surface area contributed by atoms with E-state index in [4.69, 9.17) is 14.6 Å². The van der Waals surface area contributed by atoms with Crippen molar-refractivity contribution in [3.8, 4) is 5.75 Å². The van der Waals surface area contributed by atoms with Crippen LogP contribution in [-0.2, 0) is 14.3 Å². The number of carbonyl (C=O) groups excluding carboxylic acids is 2. The van der Waals surface area contributed by atoms with E-state index in [0.717, 1.165) is 54.4 Å². The maximum absolute atomic E-state index is 13.6. The number of rotatable bonds is 9. The Morgan fingerprint density at radius 1 is 1.17 bits per heavy atom. The molecule has 9 heteroatoms. The lowest BCUT2D eigenvalue weighted by Gasteiger charge is -2.31. The van der Waals surface area contributed by atoms with E-state index in [9.17, 15) is 9.59 Å². The Morgan fingerprint density at radius 3 is 2.60 bits per heavy atom. The summed E-state index contributed by atoms with van der Waals surface area (Å²) in [6.45, 7) is 4.50. The van der Waals surface area contributed by atoms with Crippen molar-refractivity contribution in [3.63, 3.8) is 0 Å². The second-order valence-corrected chi connectivity index (χ2v) is 10.2. The maximum Gasteiger partial charge on any atom is 0.262 e. The second kappa shape index (κ2) is 10.9. The Balaban J connectivity index is 1.33. The minimum absolute atomic E-state index is 0.0492. The first-order chi connectivity index (χ1) is 17.1. The van der Waals surface area contributed by atoms with Crippen molar-refractivity contribution in [2.75, 3.05) is 53.0 Å². The molecule has 2 aliphatic heterocycles. The van der Waals surface area contributed by atoms with E-state index in [1.165, 1.54) is 0 Å². The van der Waals surface area contributed by atoms with Crippen LogP contribution >= 0.6 is 11.3 Å². The van der Waals surface area contributed by atoms with Gasteiger partial charge in [-0.3, -0.25) is 14.5 Å². The van der Waals surface area contributed by atoms with Crippen LogP contribution in [0.4, 0.5) is 0 Å². The molecule has 8 nitrogen and oxygen atoms in total. The number of hydrogen-bond donors (Lipinski definition) is 0. The first-order valence-corrected chi connectivity index (χ1v) is 13.2. The van der Waals surface area contributed by atoms with Crippen LogP contribution in [0, 0.1) is 5.92 Å². The highest BCUT2D eigenvalue weighted by molar-refractivity contribution is 7.12. The quantitative estimate of drug-likeness (QED) is 0.534. The third-order valence-corrected chi connectivity index (χ3v) is 7.75. The van der Waals surface area contributed by atoms with Crippen LogP contribution in [-0.4, -0.2) is 85.4 Å². The molecule has 2 aromatic rings. The van der Waals surface area contributed by atoms with Crippen LogP contribution in [0.3, 0.4) is 0 Å². The van der Waals surface area contributed by atoms with Gasteiger partial charge in [0.25, 0.3) is 5.91 Å². The lowest BCUT2D eigenvalue weighted by molar-refractivity contribution is -0.142. The molecule has 3 heterocycles. The number of carbonyl (C=O) groups is 2. The van der Waals surface area contributed by atoms with Crippen molar-refractivity contribution >= 4 is 28.9 Å². The lowest BCUT2D eigenvalue weighted by atomic mass is 10.0. The fraction of sp³-hybridized carbons (Fsp3) is 0.500. The van der Waals surface area contributed by atoms with Crippen molar-refractivity contribution in [3.05, 3.63) is 52.2 Å². The molecule has 1 aromatic carbocycles. The minimum atomic E-state index is -0.206. The highest BCUT2D eigenvalue weighted by Gasteiger charge is 2.38. The standard InChI is InChI=1S/C26H32N4O4S/c1-33-21-8-6-19(7-9-21)23-17-22(24-3-2-16-35-24)27-30(23)25(31)18-29(26(32)20-4-5-20)11-10-28-12-14-34-15-13-28/h2-3,6-9,16,20,23H,4-5,10-15,17-18H2,1H3/t23-/m0/s1. The van der Waals surface area contributed by atoms with Gasteiger partial charge in [0.1, 0.15) is 12.3 Å². The van der Waals surface area contributed by atoms with E-state index in [1.54, 1.807) is 28.4 Å². The minimum Gasteiger partial charge on any atom is -0.497 e. The van der Waals surface area contributed by atoms with Crippen molar-refractivity contribution in [2.24, 2.45) is 11.0 Å². The Kier molecular flexibility index (Phi) is 7.46. The van der Waals surface area contributed by atoms with Gasteiger partial charge in [0.2, 0.25) is 5.91 Å². The monoisotopic (exact) mass is 496 g/mol. The molecule has 1 atom stereocenters. The molecule has 5 rings (SSSR count). The van der Waals surface area contributed by atoms with Crippen LogP contribution in [0.25, 0.3) is 0 Å². The molecule has 1 aliphatic carbocycles. The molecule has 35 heavy (non-hydrogen) atoms. The van der Waals surface area contributed by atoms with Gasteiger partial charge in [0.05, 0.1) is 37.0 Å². The third kappa shape index (κ3) is 5.74. The summed E-state index contributed by atoms with van der Waals surface area (Å²) < 4.78 is 10.7. The molecular formula is C26H32N4O4S. The Morgan fingerprint density at radius 2 is 1.94 bits per heavy atom. The zero-order valence-electron chi connectivity index (χ0n) is 20.1. The topological polar surface area (TPSA) is 74.7 Å². The van der Waals surface area contributed by atoms with Gasteiger partial charge in [0.15, 0.2) is 0 Å². The van der Waals surface area contributed by atoms with Crippen LogP contribution in [0.2, 0.25) is 0 Å². The molecule has 186 valence electrons. The van der Waals surface area contributed by atoms with E-state index < -0.39 is 0 Å². The molecule has 0 radical (unpaired) electrons. The number of morpholine rings is 1. The average Bonchev–Trinajstić information content (AvgIpc) is 3.41. The highest BCUT2D eigenvalue weighted by atomic mass is 32.1. The van der Waals surface area contributed by atoms with Gasteiger partial charge in [-0.1, -0.05) is 18.2 Å². The van der Waals surface area contributed by atoms with Gasteiger partial charge in [-0.2, -0.15) is 5.10 Å². The number of amides is 2. The van der Waals surface area contributed by atoms with E-state index in [-0.39, 0.29) is 30.3 Å². The number of methoxy groups -OCH3 is 1. The summed E-state index contributed by atoms with van der Waals surface area (Å²) in [6, 6.07) is 11.6. The van der Waals surface area contributed by atoms with E-state index in [0.29, 0.717) is 26.2 Å². The van der Waals surface area contributed by atoms with E-state index in [1.807, 2.05) is 41.8 Å².